The van der Waals surface area contributed by atoms with E-state index in [4.69, 9.17) is 5.73 Å². The first-order chi connectivity index (χ1) is 11.1. The van der Waals surface area contributed by atoms with Crippen molar-refractivity contribution >= 4 is 0 Å². The average molecular weight is 318 g/mol. The van der Waals surface area contributed by atoms with Gasteiger partial charge < -0.3 is 5.73 Å². The highest BCUT2D eigenvalue weighted by molar-refractivity contribution is 4.94. The van der Waals surface area contributed by atoms with E-state index in [-0.39, 0.29) is 5.54 Å². The Morgan fingerprint density at radius 1 is 0.652 bits per heavy atom. The van der Waals surface area contributed by atoms with Gasteiger partial charge in [0.05, 0.1) is 0 Å². The van der Waals surface area contributed by atoms with Crippen LogP contribution in [0.4, 0.5) is 0 Å². The first-order valence-electron chi connectivity index (χ1n) is 10.9. The number of fused-ring (bicyclic) bond motifs is 2. The van der Waals surface area contributed by atoms with Crippen LogP contribution in [0.25, 0.3) is 0 Å². The predicted molar refractivity (Wildman–Crippen MR) is 98.2 cm³/mol. The molecule has 4 unspecified atom stereocenters. The molecule has 0 aromatic rings. The largest absolute Gasteiger partial charge is 0.325 e. The molecule has 4 aliphatic rings. The molecule has 0 radical (unpaired) electrons. The molecule has 0 saturated heterocycles. The number of nitrogens with two attached hydrogens (primary N) is 1. The van der Waals surface area contributed by atoms with Crippen molar-refractivity contribution in [1.29, 1.82) is 0 Å². The number of rotatable bonds is 4. The van der Waals surface area contributed by atoms with Crippen molar-refractivity contribution < 1.29 is 0 Å². The van der Waals surface area contributed by atoms with Gasteiger partial charge in [-0.3, -0.25) is 0 Å². The minimum Gasteiger partial charge on any atom is -0.325 e. The van der Waals surface area contributed by atoms with Gasteiger partial charge in [-0.15, -0.1) is 0 Å². The first kappa shape index (κ1) is 16.4. The van der Waals surface area contributed by atoms with E-state index >= 15 is 0 Å². The fourth-order valence-electron chi connectivity index (χ4n) is 7.45. The Bertz CT molecular complexity index is 337. The Labute approximate surface area is 144 Å². The third-order valence-corrected chi connectivity index (χ3v) is 8.19. The van der Waals surface area contributed by atoms with Crippen LogP contribution in [0.2, 0.25) is 0 Å². The molecule has 23 heavy (non-hydrogen) atoms. The summed E-state index contributed by atoms with van der Waals surface area (Å²) in [6, 6.07) is 0. The molecule has 0 aliphatic heterocycles. The lowest BCUT2D eigenvalue weighted by molar-refractivity contribution is 0.268. The Hall–Kier alpha value is -0.0400. The summed E-state index contributed by atoms with van der Waals surface area (Å²) in [6.07, 6.45) is 20.7. The Morgan fingerprint density at radius 3 is 1.26 bits per heavy atom. The lowest BCUT2D eigenvalue weighted by atomic mass is 9.80. The van der Waals surface area contributed by atoms with Gasteiger partial charge in [0, 0.05) is 5.54 Å². The monoisotopic (exact) mass is 317 g/mol. The third kappa shape index (κ3) is 3.80. The quantitative estimate of drug-likeness (QED) is 0.684. The Kier molecular flexibility index (Phi) is 4.78. The number of hydrogen-bond donors (Lipinski definition) is 1. The van der Waals surface area contributed by atoms with Crippen molar-refractivity contribution in [3.8, 4) is 0 Å². The van der Waals surface area contributed by atoms with E-state index in [1.165, 1.54) is 89.9 Å². The van der Waals surface area contributed by atoms with Crippen molar-refractivity contribution in [1.82, 2.24) is 0 Å². The Morgan fingerprint density at radius 2 is 0.957 bits per heavy atom. The van der Waals surface area contributed by atoms with Gasteiger partial charge in [-0.25, -0.2) is 0 Å². The second-order valence-electron chi connectivity index (χ2n) is 10.3. The van der Waals surface area contributed by atoms with Crippen molar-refractivity contribution in [2.75, 3.05) is 0 Å². The maximum absolute atomic E-state index is 6.86. The summed E-state index contributed by atoms with van der Waals surface area (Å²) in [5.74, 6) is 6.17. The lowest BCUT2D eigenvalue weighted by Crippen LogP contribution is -2.39. The van der Waals surface area contributed by atoms with Gasteiger partial charge in [-0.1, -0.05) is 51.4 Å². The summed E-state index contributed by atoms with van der Waals surface area (Å²) < 4.78 is 0. The molecule has 1 heteroatoms. The summed E-state index contributed by atoms with van der Waals surface area (Å²) in [5, 5.41) is 0. The van der Waals surface area contributed by atoms with Crippen molar-refractivity contribution in [2.45, 2.75) is 102 Å². The maximum Gasteiger partial charge on any atom is 0.0131 e. The van der Waals surface area contributed by atoms with E-state index in [0.717, 1.165) is 35.5 Å². The highest BCUT2D eigenvalue weighted by Crippen LogP contribution is 2.50. The molecular formula is C22H39N. The molecule has 1 nitrogen and oxygen atoms in total. The summed E-state index contributed by atoms with van der Waals surface area (Å²) in [6.45, 7) is 2.39. The van der Waals surface area contributed by atoms with E-state index in [1.807, 2.05) is 0 Å². The van der Waals surface area contributed by atoms with E-state index < -0.39 is 0 Å². The Balaban J connectivity index is 1.28. The standard InChI is InChI=1S/C22H39N/c1-22(23,14-16-10-18-6-2-3-7-19(18)11-16)15-17-12-20-8-4-5-9-21(20)13-17/h16-21H,2-15,23H2,1H3. The highest BCUT2D eigenvalue weighted by Gasteiger charge is 2.41. The van der Waals surface area contributed by atoms with Crippen LogP contribution in [0.5, 0.6) is 0 Å². The van der Waals surface area contributed by atoms with Gasteiger partial charge in [-0.2, -0.15) is 0 Å². The SMILES string of the molecule is CC(N)(CC1CC2CCCCC2C1)CC1CC2CCCCC2C1. The summed E-state index contributed by atoms with van der Waals surface area (Å²) in [7, 11) is 0. The minimum absolute atomic E-state index is 0.107. The molecular weight excluding hydrogens is 278 g/mol. The van der Waals surface area contributed by atoms with Gasteiger partial charge >= 0.3 is 0 Å². The van der Waals surface area contributed by atoms with Gasteiger partial charge in [0.25, 0.3) is 0 Å². The van der Waals surface area contributed by atoms with Gasteiger partial charge in [0.2, 0.25) is 0 Å². The molecule has 0 bridgehead atoms. The lowest BCUT2D eigenvalue weighted by Gasteiger charge is -2.31. The molecule has 0 spiro atoms. The second kappa shape index (κ2) is 6.70. The molecule has 4 aliphatic carbocycles. The molecule has 4 rings (SSSR count). The summed E-state index contributed by atoms with van der Waals surface area (Å²) >= 11 is 0. The molecule has 132 valence electrons. The first-order valence-corrected chi connectivity index (χ1v) is 10.9. The molecule has 4 atom stereocenters. The zero-order valence-corrected chi connectivity index (χ0v) is 15.4. The van der Waals surface area contributed by atoms with Crippen LogP contribution in [0.15, 0.2) is 0 Å². The smallest absolute Gasteiger partial charge is 0.0131 e. The zero-order chi connectivity index (χ0) is 15.9. The summed E-state index contributed by atoms with van der Waals surface area (Å²) in [5.41, 5.74) is 6.96. The summed E-state index contributed by atoms with van der Waals surface area (Å²) in [4.78, 5) is 0. The van der Waals surface area contributed by atoms with Gasteiger partial charge in [0.15, 0.2) is 0 Å². The molecule has 2 N–H and O–H groups in total. The van der Waals surface area contributed by atoms with Crippen LogP contribution in [-0.4, -0.2) is 5.54 Å². The molecule has 0 aromatic carbocycles. The molecule has 0 aromatic heterocycles. The van der Waals surface area contributed by atoms with E-state index in [0.29, 0.717) is 0 Å². The minimum atomic E-state index is 0.107. The van der Waals surface area contributed by atoms with Crippen LogP contribution >= 0.6 is 0 Å². The predicted octanol–water partition coefficient (Wildman–Crippen LogP) is 5.92. The van der Waals surface area contributed by atoms with Gasteiger partial charge in [-0.05, 0) is 81.0 Å². The van der Waals surface area contributed by atoms with E-state index in [9.17, 15) is 0 Å². The van der Waals surface area contributed by atoms with E-state index in [1.54, 1.807) is 0 Å². The second-order valence-corrected chi connectivity index (χ2v) is 10.3. The normalized spacial score (nSPS) is 46.2. The average Bonchev–Trinajstić information content (AvgIpc) is 3.07. The molecule has 4 fully saturated rings. The maximum atomic E-state index is 6.86. The zero-order valence-electron chi connectivity index (χ0n) is 15.4. The van der Waals surface area contributed by atoms with Crippen LogP contribution in [-0.2, 0) is 0 Å². The number of hydrogen-bond acceptors (Lipinski definition) is 1. The van der Waals surface area contributed by atoms with E-state index in [2.05, 4.69) is 6.92 Å². The molecule has 4 saturated carbocycles. The van der Waals surface area contributed by atoms with Crippen LogP contribution < -0.4 is 5.73 Å². The molecule has 0 heterocycles. The third-order valence-electron chi connectivity index (χ3n) is 8.19. The van der Waals surface area contributed by atoms with Crippen molar-refractivity contribution in [3.05, 3.63) is 0 Å². The fourth-order valence-corrected chi connectivity index (χ4v) is 7.45. The van der Waals surface area contributed by atoms with Crippen LogP contribution in [0.3, 0.4) is 0 Å². The van der Waals surface area contributed by atoms with Crippen LogP contribution in [0.1, 0.15) is 96.8 Å². The topological polar surface area (TPSA) is 26.0 Å². The van der Waals surface area contributed by atoms with Gasteiger partial charge in [0.1, 0.15) is 0 Å². The fraction of sp³-hybridized carbons (Fsp3) is 1.00. The molecule has 0 amide bonds. The van der Waals surface area contributed by atoms with Crippen molar-refractivity contribution in [2.24, 2.45) is 41.2 Å². The highest BCUT2D eigenvalue weighted by atomic mass is 14.7. The van der Waals surface area contributed by atoms with Crippen molar-refractivity contribution in [3.63, 3.8) is 0 Å². The van der Waals surface area contributed by atoms with Crippen LogP contribution in [0, 0.1) is 35.5 Å².